The molecule has 5 nitrogen and oxygen atoms in total. The first-order chi connectivity index (χ1) is 18.1. The average molecular weight is 490 g/mol. The quantitative estimate of drug-likeness (QED) is 0.334. The first-order valence-electron chi connectivity index (χ1n) is 12.7. The summed E-state index contributed by atoms with van der Waals surface area (Å²) in [5.74, 6) is -0.0263. The minimum Gasteiger partial charge on any atom is -0.368 e. The van der Waals surface area contributed by atoms with Crippen LogP contribution in [0.15, 0.2) is 109 Å². The Kier molecular flexibility index (Phi) is 7.43. The van der Waals surface area contributed by atoms with Crippen LogP contribution in [-0.4, -0.2) is 29.8 Å². The van der Waals surface area contributed by atoms with Crippen molar-refractivity contribution in [3.8, 4) is 11.1 Å². The molecule has 5 heteroatoms. The second kappa shape index (κ2) is 11.2. The number of likely N-dealkylation sites (tertiary alicyclic amines) is 1. The maximum absolute atomic E-state index is 13.1. The van der Waals surface area contributed by atoms with E-state index in [0.29, 0.717) is 11.5 Å². The first kappa shape index (κ1) is 24.5. The molecule has 1 atom stereocenters. The van der Waals surface area contributed by atoms with Crippen LogP contribution < -0.4 is 11.1 Å². The Hall–Kier alpha value is -4.22. The lowest BCUT2D eigenvalue weighted by molar-refractivity contribution is -0.124. The first-order valence-corrected chi connectivity index (χ1v) is 12.7. The van der Waals surface area contributed by atoms with Crippen LogP contribution in [0.5, 0.6) is 0 Å². The number of benzene rings is 4. The van der Waals surface area contributed by atoms with Crippen molar-refractivity contribution in [3.05, 3.63) is 126 Å². The summed E-state index contributed by atoms with van der Waals surface area (Å²) < 4.78 is 0. The number of rotatable bonds is 7. The predicted molar refractivity (Wildman–Crippen MR) is 148 cm³/mol. The smallest absolute Gasteiger partial charge is 0.256 e. The van der Waals surface area contributed by atoms with Gasteiger partial charge in [0.2, 0.25) is 5.91 Å². The molecule has 4 aromatic rings. The molecule has 1 saturated heterocycles. The molecular weight excluding hydrogens is 458 g/mol. The van der Waals surface area contributed by atoms with E-state index in [9.17, 15) is 9.59 Å². The van der Waals surface area contributed by atoms with Gasteiger partial charge in [-0.05, 0) is 72.3 Å². The molecule has 1 aliphatic heterocycles. The zero-order chi connectivity index (χ0) is 25.6. The minimum absolute atomic E-state index is 0.126. The van der Waals surface area contributed by atoms with Crippen molar-refractivity contribution in [3.63, 3.8) is 0 Å². The summed E-state index contributed by atoms with van der Waals surface area (Å²) in [7, 11) is 0. The number of anilines is 1. The van der Waals surface area contributed by atoms with Crippen molar-refractivity contribution in [2.24, 2.45) is 5.73 Å². The summed E-state index contributed by atoms with van der Waals surface area (Å²) >= 11 is 0. The molecule has 1 fully saturated rings. The Morgan fingerprint density at radius 3 is 2.00 bits per heavy atom. The SMILES string of the molecule is NC(=O)C(c1ccccc1)N1CCC(c2ccc(NC(=O)c3ccccc3-c3ccccc3)cc2)CC1. The monoisotopic (exact) mass is 489 g/mol. The number of primary amides is 1. The van der Waals surface area contributed by atoms with E-state index >= 15 is 0 Å². The molecule has 0 spiro atoms. The number of hydrogen-bond acceptors (Lipinski definition) is 3. The van der Waals surface area contributed by atoms with Crippen molar-refractivity contribution >= 4 is 17.5 Å². The largest absolute Gasteiger partial charge is 0.368 e. The van der Waals surface area contributed by atoms with Gasteiger partial charge in [-0.25, -0.2) is 0 Å². The van der Waals surface area contributed by atoms with E-state index in [1.165, 1.54) is 5.56 Å². The van der Waals surface area contributed by atoms with Crippen LogP contribution >= 0.6 is 0 Å². The maximum Gasteiger partial charge on any atom is 0.256 e. The third-order valence-corrected chi connectivity index (χ3v) is 7.18. The molecule has 0 aliphatic carbocycles. The molecule has 1 aliphatic rings. The van der Waals surface area contributed by atoms with E-state index in [-0.39, 0.29) is 11.8 Å². The van der Waals surface area contributed by atoms with E-state index in [2.05, 4.69) is 22.3 Å². The molecule has 2 amide bonds. The van der Waals surface area contributed by atoms with Crippen LogP contribution in [0.25, 0.3) is 11.1 Å². The fourth-order valence-corrected chi connectivity index (χ4v) is 5.27. The Labute approximate surface area is 217 Å². The van der Waals surface area contributed by atoms with Crippen molar-refractivity contribution in [1.82, 2.24) is 4.90 Å². The molecule has 3 N–H and O–H groups in total. The highest BCUT2D eigenvalue weighted by Crippen LogP contribution is 2.33. The predicted octanol–water partition coefficient (Wildman–Crippen LogP) is 6.01. The summed E-state index contributed by atoms with van der Waals surface area (Å²) in [6, 6.07) is 35.1. The second-order valence-corrected chi connectivity index (χ2v) is 9.51. The number of nitrogens with zero attached hydrogens (tertiary/aromatic N) is 1. The molecule has 5 rings (SSSR count). The summed E-state index contributed by atoms with van der Waals surface area (Å²) in [6.07, 6.45) is 1.90. The van der Waals surface area contributed by atoms with Gasteiger partial charge in [0.25, 0.3) is 5.91 Å². The summed E-state index contributed by atoms with van der Waals surface area (Å²) in [5.41, 5.74) is 11.3. The zero-order valence-corrected chi connectivity index (χ0v) is 20.7. The van der Waals surface area contributed by atoms with Crippen LogP contribution in [0.1, 0.15) is 46.3 Å². The van der Waals surface area contributed by atoms with E-state index in [0.717, 1.165) is 48.3 Å². The molecule has 37 heavy (non-hydrogen) atoms. The third-order valence-electron chi connectivity index (χ3n) is 7.18. The minimum atomic E-state index is -0.390. The van der Waals surface area contributed by atoms with E-state index in [4.69, 9.17) is 5.73 Å². The molecule has 4 aromatic carbocycles. The lowest BCUT2D eigenvalue weighted by atomic mass is 9.88. The molecule has 0 saturated carbocycles. The molecular formula is C32H31N3O2. The van der Waals surface area contributed by atoms with Crippen molar-refractivity contribution in [1.29, 1.82) is 0 Å². The Balaban J connectivity index is 1.23. The lowest BCUT2D eigenvalue weighted by Crippen LogP contribution is -2.42. The number of nitrogens with two attached hydrogens (primary N) is 1. The van der Waals surface area contributed by atoms with Crippen molar-refractivity contribution < 1.29 is 9.59 Å². The summed E-state index contributed by atoms with van der Waals surface area (Å²) in [5, 5.41) is 3.05. The molecule has 0 bridgehead atoms. The van der Waals surface area contributed by atoms with Gasteiger partial charge in [0.15, 0.2) is 0 Å². The number of hydrogen-bond donors (Lipinski definition) is 2. The van der Waals surface area contributed by atoms with Crippen LogP contribution in [0.2, 0.25) is 0 Å². The fraction of sp³-hybridized carbons (Fsp3) is 0.188. The Morgan fingerprint density at radius 2 is 1.35 bits per heavy atom. The van der Waals surface area contributed by atoms with E-state index in [1.807, 2.05) is 97.1 Å². The summed E-state index contributed by atoms with van der Waals surface area (Å²) in [4.78, 5) is 27.5. The highest BCUT2D eigenvalue weighted by Gasteiger charge is 2.30. The van der Waals surface area contributed by atoms with Gasteiger partial charge in [0.1, 0.15) is 6.04 Å². The van der Waals surface area contributed by atoms with Gasteiger partial charge in [-0.2, -0.15) is 0 Å². The van der Waals surface area contributed by atoms with Crippen LogP contribution in [0.4, 0.5) is 5.69 Å². The highest BCUT2D eigenvalue weighted by atomic mass is 16.2. The molecule has 0 radical (unpaired) electrons. The fourth-order valence-electron chi connectivity index (χ4n) is 5.27. The van der Waals surface area contributed by atoms with Gasteiger partial charge in [-0.1, -0.05) is 91.0 Å². The molecule has 0 aromatic heterocycles. The number of carbonyl (C=O) groups is 2. The van der Waals surface area contributed by atoms with Crippen molar-refractivity contribution in [2.45, 2.75) is 24.8 Å². The molecule has 1 heterocycles. The van der Waals surface area contributed by atoms with E-state index in [1.54, 1.807) is 0 Å². The molecule has 186 valence electrons. The standard InChI is InChI=1S/C32H31N3O2/c33-31(36)30(26-11-5-2-6-12-26)35-21-19-24(20-22-35)23-15-17-27(18-16-23)34-32(37)29-14-8-7-13-28(29)25-9-3-1-4-10-25/h1-18,24,30H,19-22H2,(H2,33,36)(H,34,37). The van der Waals surface area contributed by atoms with Gasteiger partial charge in [-0.15, -0.1) is 0 Å². The Bertz CT molecular complexity index is 1350. The lowest BCUT2D eigenvalue weighted by Gasteiger charge is -2.36. The number of nitrogens with one attached hydrogen (secondary N) is 1. The second-order valence-electron chi connectivity index (χ2n) is 9.51. The van der Waals surface area contributed by atoms with Gasteiger partial charge in [0.05, 0.1) is 0 Å². The van der Waals surface area contributed by atoms with Crippen molar-refractivity contribution in [2.75, 3.05) is 18.4 Å². The van der Waals surface area contributed by atoms with Crippen LogP contribution in [-0.2, 0) is 4.79 Å². The zero-order valence-electron chi connectivity index (χ0n) is 20.7. The van der Waals surface area contributed by atoms with Gasteiger partial charge in [0, 0.05) is 11.3 Å². The number of carbonyl (C=O) groups excluding carboxylic acids is 2. The highest BCUT2D eigenvalue weighted by molar-refractivity contribution is 6.08. The molecule has 1 unspecified atom stereocenters. The van der Waals surface area contributed by atoms with Gasteiger partial charge in [-0.3, -0.25) is 14.5 Å². The summed E-state index contributed by atoms with van der Waals surface area (Å²) in [6.45, 7) is 1.61. The van der Waals surface area contributed by atoms with Gasteiger partial charge >= 0.3 is 0 Å². The maximum atomic E-state index is 13.1. The topological polar surface area (TPSA) is 75.4 Å². The van der Waals surface area contributed by atoms with E-state index < -0.39 is 6.04 Å². The average Bonchev–Trinajstić information content (AvgIpc) is 2.95. The van der Waals surface area contributed by atoms with Gasteiger partial charge < -0.3 is 11.1 Å². The third kappa shape index (κ3) is 5.63. The normalized spacial score (nSPS) is 15.1. The Morgan fingerprint density at radius 1 is 0.757 bits per heavy atom. The van der Waals surface area contributed by atoms with Crippen LogP contribution in [0.3, 0.4) is 0 Å². The van der Waals surface area contributed by atoms with Crippen LogP contribution in [0, 0.1) is 0 Å². The number of piperidine rings is 1. The number of amides is 2.